The van der Waals surface area contributed by atoms with Gasteiger partial charge in [-0.2, -0.15) is 0 Å². The zero-order valence-electron chi connectivity index (χ0n) is 15.5. The summed E-state index contributed by atoms with van der Waals surface area (Å²) < 4.78 is 6.23. The fourth-order valence-corrected chi connectivity index (χ4v) is 3.69. The van der Waals surface area contributed by atoms with E-state index in [1.807, 2.05) is 42.5 Å². The molecule has 27 heavy (non-hydrogen) atoms. The lowest BCUT2D eigenvalue weighted by atomic mass is 10.1. The number of nitrogens with one attached hydrogen (secondary N) is 1. The van der Waals surface area contributed by atoms with Crippen molar-refractivity contribution in [1.82, 2.24) is 5.32 Å². The van der Waals surface area contributed by atoms with Gasteiger partial charge in [0.05, 0.1) is 7.11 Å². The molecule has 2 aromatic carbocycles. The predicted molar refractivity (Wildman–Crippen MR) is 109 cm³/mol. The molecular formula is C21H23BrN2O3. The monoisotopic (exact) mass is 430 g/mol. The van der Waals surface area contributed by atoms with Crippen LogP contribution in [0.5, 0.6) is 5.75 Å². The number of anilines is 1. The molecule has 1 aliphatic rings. The van der Waals surface area contributed by atoms with E-state index in [0.717, 1.165) is 22.1 Å². The zero-order chi connectivity index (χ0) is 19.4. The molecule has 0 aromatic heterocycles. The van der Waals surface area contributed by atoms with Gasteiger partial charge in [-0.3, -0.25) is 9.59 Å². The smallest absolute Gasteiger partial charge is 0.239 e. The largest absolute Gasteiger partial charge is 0.496 e. The quantitative estimate of drug-likeness (QED) is 0.710. The van der Waals surface area contributed by atoms with Gasteiger partial charge in [0.2, 0.25) is 11.8 Å². The second kappa shape index (κ2) is 8.57. The minimum absolute atomic E-state index is 0.141. The average molecular weight is 431 g/mol. The van der Waals surface area contributed by atoms with Gasteiger partial charge in [-0.1, -0.05) is 35.0 Å². The second-order valence-electron chi connectivity index (χ2n) is 6.53. The summed E-state index contributed by atoms with van der Waals surface area (Å²) in [5.41, 5.74) is 2.93. The molecule has 1 unspecified atom stereocenters. The van der Waals surface area contributed by atoms with Gasteiger partial charge in [0.15, 0.2) is 0 Å². The lowest BCUT2D eigenvalue weighted by Gasteiger charge is -2.17. The fourth-order valence-electron chi connectivity index (χ4n) is 3.28. The highest BCUT2D eigenvalue weighted by molar-refractivity contribution is 9.10. The molecule has 3 rings (SSSR count). The Balaban J connectivity index is 1.64. The minimum Gasteiger partial charge on any atom is -0.496 e. The number of benzene rings is 2. The molecule has 0 radical (unpaired) electrons. The van der Waals surface area contributed by atoms with Gasteiger partial charge in [0.1, 0.15) is 11.7 Å². The first kappa shape index (κ1) is 19.4. The molecule has 1 fully saturated rings. The van der Waals surface area contributed by atoms with Gasteiger partial charge < -0.3 is 15.0 Å². The van der Waals surface area contributed by atoms with Crippen LogP contribution >= 0.6 is 15.9 Å². The molecule has 1 N–H and O–H groups in total. The molecule has 1 saturated heterocycles. The average Bonchev–Trinajstić information content (AvgIpc) is 3.07. The summed E-state index contributed by atoms with van der Waals surface area (Å²) >= 11 is 3.42. The number of aryl methyl sites for hydroxylation is 1. The summed E-state index contributed by atoms with van der Waals surface area (Å²) in [6, 6.07) is 13.6. The highest BCUT2D eigenvalue weighted by Crippen LogP contribution is 2.27. The van der Waals surface area contributed by atoms with Crippen LogP contribution in [-0.2, 0) is 22.6 Å². The molecule has 6 heteroatoms. The molecular weight excluding hydrogens is 408 g/mol. The van der Waals surface area contributed by atoms with Crippen LogP contribution in [0.4, 0.5) is 5.69 Å². The molecule has 0 aliphatic carbocycles. The van der Waals surface area contributed by atoms with Crippen LogP contribution in [0.3, 0.4) is 0 Å². The molecule has 0 saturated carbocycles. The number of halogens is 1. The summed E-state index contributed by atoms with van der Waals surface area (Å²) in [7, 11) is 1.59. The van der Waals surface area contributed by atoms with Crippen molar-refractivity contribution < 1.29 is 14.3 Å². The van der Waals surface area contributed by atoms with E-state index in [2.05, 4.69) is 28.2 Å². The van der Waals surface area contributed by atoms with E-state index in [1.54, 1.807) is 12.0 Å². The molecule has 0 spiro atoms. The number of hydrogen-bond acceptors (Lipinski definition) is 3. The summed E-state index contributed by atoms with van der Waals surface area (Å²) in [5.74, 6) is -0.324. The van der Waals surface area contributed by atoms with Crippen molar-refractivity contribution in [3.8, 4) is 5.75 Å². The minimum atomic E-state index is -0.644. The highest BCUT2D eigenvalue weighted by Gasteiger charge is 2.37. The summed E-state index contributed by atoms with van der Waals surface area (Å²) in [6.45, 7) is 2.97. The summed E-state index contributed by atoms with van der Waals surface area (Å²) in [5, 5.41) is 2.88. The van der Waals surface area contributed by atoms with E-state index >= 15 is 0 Å². The molecule has 2 aromatic rings. The Morgan fingerprint density at radius 2 is 2.00 bits per heavy atom. The third-order valence-electron chi connectivity index (χ3n) is 4.87. The number of carbonyl (C=O) groups is 2. The number of hydrogen-bond donors (Lipinski definition) is 1. The van der Waals surface area contributed by atoms with E-state index < -0.39 is 5.92 Å². The SMILES string of the molecule is CCc1ccc(N2CCC(C(=O)NCc3cc(Br)ccc3OC)C2=O)cc1. The Morgan fingerprint density at radius 3 is 2.67 bits per heavy atom. The maximum absolute atomic E-state index is 12.7. The van der Waals surface area contributed by atoms with E-state index in [4.69, 9.17) is 4.74 Å². The molecule has 5 nitrogen and oxygen atoms in total. The van der Waals surface area contributed by atoms with Crippen LogP contribution < -0.4 is 15.0 Å². The van der Waals surface area contributed by atoms with E-state index in [-0.39, 0.29) is 11.8 Å². The van der Waals surface area contributed by atoms with Crippen LogP contribution in [0.25, 0.3) is 0 Å². The van der Waals surface area contributed by atoms with Gasteiger partial charge in [-0.15, -0.1) is 0 Å². The first-order valence-electron chi connectivity index (χ1n) is 9.04. The Bertz CT molecular complexity index is 836. The zero-order valence-corrected chi connectivity index (χ0v) is 17.1. The van der Waals surface area contributed by atoms with Crippen molar-refractivity contribution >= 4 is 33.4 Å². The van der Waals surface area contributed by atoms with Crippen LogP contribution in [0.1, 0.15) is 24.5 Å². The van der Waals surface area contributed by atoms with Gasteiger partial charge in [-0.05, 0) is 48.7 Å². The first-order chi connectivity index (χ1) is 13.0. The number of methoxy groups -OCH3 is 1. The number of nitrogens with zero attached hydrogens (tertiary/aromatic N) is 1. The van der Waals surface area contributed by atoms with Gasteiger partial charge in [0, 0.05) is 28.8 Å². The molecule has 0 bridgehead atoms. The summed E-state index contributed by atoms with van der Waals surface area (Å²) in [6.07, 6.45) is 1.48. The highest BCUT2D eigenvalue weighted by atomic mass is 79.9. The van der Waals surface area contributed by atoms with Crippen molar-refractivity contribution in [2.75, 3.05) is 18.6 Å². The topological polar surface area (TPSA) is 58.6 Å². The van der Waals surface area contributed by atoms with E-state index in [9.17, 15) is 9.59 Å². The van der Waals surface area contributed by atoms with Gasteiger partial charge >= 0.3 is 0 Å². The number of rotatable bonds is 6. The third kappa shape index (κ3) is 4.33. The van der Waals surface area contributed by atoms with Crippen LogP contribution in [0.2, 0.25) is 0 Å². The number of amides is 2. The van der Waals surface area contributed by atoms with Crippen molar-refractivity contribution in [1.29, 1.82) is 0 Å². The van der Waals surface area contributed by atoms with Crippen molar-refractivity contribution in [3.63, 3.8) is 0 Å². The molecule has 2 amide bonds. The standard InChI is InChI=1S/C21H23BrN2O3/c1-3-14-4-7-17(8-5-14)24-11-10-18(21(24)26)20(25)23-13-15-12-16(22)6-9-19(15)27-2/h4-9,12,18H,3,10-11,13H2,1-2H3,(H,23,25). The maximum atomic E-state index is 12.7. The number of carbonyl (C=O) groups excluding carboxylic acids is 2. The lowest BCUT2D eigenvalue weighted by Crippen LogP contribution is -2.36. The van der Waals surface area contributed by atoms with Gasteiger partial charge in [-0.25, -0.2) is 0 Å². The summed E-state index contributed by atoms with van der Waals surface area (Å²) in [4.78, 5) is 27.0. The molecule has 1 atom stereocenters. The molecule has 1 aliphatic heterocycles. The van der Waals surface area contributed by atoms with Crippen LogP contribution in [0, 0.1) is 5.92 Å². The lowest BCUT2D eigenvalue weighted by molar-refractivity contribution is -0.132. The van der Waals surface area contributed by atoms with Crippen molar-refractivity contribution in [2.24, 2.45) is 5.92 Å². The van der Waals surface area contributed by atoms with E-state index in [1.165, 1.54) is 5.56 Å². The Kier molecular flexibility index (Phi) is 6.16. The van der Waals surface area contributed by atoms with Crippen LogP contribution in [0.15, 0.2) is 46.9 Å². The Labute approximate surface area is 167 Å². The van der Waals surface area contributed by atoms with Crippen molar-refractivity contribution in [3.05, 3.63) is 58.1 Å². The normalized spacial score (nSPS) is 16.5. The molecule has 142 valence electrons. The first-order valence-corrected chi connectivity index (χ1v) is 9.83. The molecule has 1 heterocycles. The number of ether oxygens (including phenoxy) is 1. The predicted octanol–water partition coefficient (Wildman–Crippen LogP) is 3.69. The fraction of sp³-hybridized carbons (Fsp3) is 0.333. The van der Waals surface area contributed by atoms with Crippen molar-refractivity contribution in [2.45, 2.75) is 26.3 Å². The Morgan fingerprint density at radius 1 is 1.26 bits per heavy atom. The second-order valence-corrected chi connectivity index (χ2v) is 7.44. The third-order valence-corrected chi connectivity index (χ3v) is 5.37. The maximum Gasteiger partial charge on any atom is 0.239 e. The van der Waals surface area contributed by atoms with Gasteiger partial charge in [0.25, 0.3) is 0 Å². The van der Waals surface area contributed by atoms with Crippen LogP contribution in [-0.4, -0.2) is 25.5 Å². The Hall–Kier alpha value is -2.34. The van der Waals surface area contributed by atoms with E-state index in [0.29, 0.717) is 25.3 Å².